The molecule has 0 amide bonds. The zero-order chi connectivity index (χ0) is 17.6. The fraction of sp³-hybridized carbons (Fsp3) is 0.778. The zero-order valence-electron chi connectivity index (χ0n) is 15.4. The smallest absolute Gasteiger partial charge is 0.191 e. The number of nitrogens with one attached hydrogen (secondary N) is 2. The summed E-state index contributed by atoms with van der Waals surface area (Å²) in [5.41, 5.74) is 0.863. The van der Waals surface area contributed by atoms with Crippen molar-refractivity contribution >= 4 is 5.96 Å². The van der Waals surface area contributed by atoms with E-state index in [1.165, 1.54) is 6.42 Å². The normalized spacial score (nSPS) is 25.1. The molecular formula is C18H32N4O2. The minimum absolute atomic E-state index is 0.0918. The standard InChI is InChI=1S/C18H32N4O2/c1-5-19-17(20-11-14-10-15(13(2)3)22-24-14)21-12-18(4)9-7-6-8-16(18)23/h10,13,16,23H,5-9,11-12H2,1-4H3,(H2,19,20,21). The molecule has 0 radical (unpaired) electrons. The molecule has 3 N–H and O–H groups in total. The van der Waals surface area contributed by atoms with Crippen molar-refractivity contribution in [1.29, 1.82) is 0 Å². The number of aliphatic hydroxyl groups is 1. The van der Waals surface area contributed by atoms with E-state index in [4.69, 9.17) is 4.52 Å². The molecule has 0 aliphatic heterocycles. The van der Waals surface area contributed by atoms with Crippen molar-refractivity contribution in [2.24, 2.45) is 10.4 Å². The summed E-state index contributed by atoms with van der Waals surface area (Å²) < 4.78 is 5.33. The number of hydrogen-bond donors (Lipinski definition) is 3. The van der Waals surface area contributed by atoms with Crippen LogP contribution in [0.2, 0.25) is 0 Å². The average molecular weight is 336 g/mol. The van der Waals surface area contributed by atoms with E-state index in [-0.39, 0.29) is 11.5 Å². The van der Waals surface area contributed by atoms with Crippen LogP contribution in [0.15, 0.2) is 15.6 Å². The summed E-state index contributed by atoms with van der Waals surface area (Å²) in [5, 5.41) is 21.0. The van der Waals surface area contributed by atoms with Crippen molar-refractivity contribution in [3.8, 4) is 0 Å². The summed E-state index contributed by atoms with van der Waals surface area (Å²) in [6.45, 7) is 10.3. The van der Waals surface area contributed by atoms with Gasteiger partial charge in [0.15, 0.2) is 11.7 Å². The molecule has 2 rings (SSSR count). The van der Waals surface area contributed by atoms with E-state index in [0.717, 1.165) is 43.2 Å². The van der Waals surface area contributed by atoms with Crippen molar-refractivity contribution in [3.63, 3.8) is 0 Å². The first-order valence-electron chi connectivity index (χ1n) is 9.10. The Morgan fingerprint density at radius 1 is 1.46 bits per heavy atom. The lowest BCUT2D eigenvalue weighted by atomic mass is 9.73. The number of rotatable bonds is 6. The first-order chi connectivity index (χ1) is 11.4. The SMILES string of the molecule is CCNC(=NCc1cc(C(C)C)no1)NCC1(C)CCCCC1O. The molecule has 1 aliphatic carbocycles. The average Bonchev–Trinajstić information content (AvgIpc) is 3.02. The van der Waals surface area contributed by atoms with E-state index < -0.39 is 0 Å². The zero-order valence-corrected chi connectivity index (χ0v) is 15.4. The van der Waals surface area contributed by atoms with E-state index in [1.807, 2.05) is 13.0 Å². The summed E-state index contributed by atoms with van der Waals surface area (Å²) in [5.74, 6) is 1.87. The van der Waals surface area contributed by atoms with E-state index in [0.29, 0.717) is 19.0 Å². The molecule has 0 aromatic carbocycles. The van der Waals surface area contributed by atoms with Crippen LogP contribution >= 0.6 is 0 Å². The van der Waals surface area contributed by atoms with Crippen molar-refractivity contribution in [2.75, 3.05) is 13.1 Å². The van der Waals surface area contributed by atoms with Gasteiger partial charge in [-0.15, -0.1) is 0 Å². The number of aromatic nitrogens is 1. The van der Waals surface area contributed by atoms with Gasteiger partial charge < -0.3 is 20.3 Å². The lowest BCUT2D eigenvalue weighted by Crippen LogP contribution is -2.48. The molecule has 1 heterocycles. The van der Waals surface area contributed by atoms with Gasteiger partial charge in [0.25, 0.3) is 0 Å². The van der Waals surface area contributed by atoms with E-state index >= 15 is 0 Å². The van der Waals surface area contributed by atoms with Crippen molar-refractivity contribution in [3.05, 3.63) is 17.5 Å². The highest BCUT2D eigenvalue weighted by molar-refractivity contribution is 5.79. The van der Waals surface area contributed by atoms with Gasteiger partial charge in [0.05, 0.1) is 11.8 Å². The monoisotopic (exact) mass is 336 g/mol. The van der Waals surface area contributed by atoms with Crippen molar-refractivity contribution < 1.29 is 9.63 Å². The molecule has 0 spiro atoms. The fourth-order valence-electron chi connectivity index (χ4n) is 3.05. The highest BCUT2D eigenvalue weighted by Crippen LogP contribution is 2.35. The maximum atomic E-state index is 10.3. The molecule has 1 aromatic rings. The Morgan fingerprint density at radius 3 is 2.88 bits per heavy atom. The molecule has 24 heavy (non-hydrogen) atoms. The number of hydrogen-bond acceptors (Lipinski definition) is 4. The molecule has 2 atom stereocenters. The summed E-state index contributed by atoms with van der Waals surface area (Å²) in [7, 11) is 0. The summed E-state index contributed by atoms with van der Waals surface area (Å²) in [6.07, 6.45) is 3.99. The van der Waals surface area contributed by atoms with Crippen molar-refractivity contribution in [1.82, 2.24) is 15.8 Å². The molecule has 2 unspecified atom stereocenters. The lowest BCUT2D eigenvalue weighted by Gasteiger charge is -2.38. The Morgan fingerprint density at radius 2 is 2.25 bits per heavy atom. The van der Waals surface area contributed by atoms with Gasteiger partial charge in [0, 0.05) is 24.6 Å². The molecule has 0 saturated heterocycles. The predicted molar refractivity (Wildman–Crippen MR) is 96.0 cm³/mol. The van der Waals surface area contributed by atoms with Crippen molar-refractivity contribution in [2.45, 2.75) is 71.9 Å². The second-order valence-electron chi connectivity index (χ2n) is 7.34. The minimum Gasteiger partial charge on any atom is -0.392 e. The molecule has 1 fully saturated rings. The van der Waals surface area contributed by atoms with E-state index in [9.17, 15) is 5.11 Å². The lowest BCUT2D eigenvalue weighted by molar-refractivity contribution is 0.00397. The number of guanidine groups is 1. The van der Waals surface area contributed by atoms with Crippen LogP contribution in [0.5, 0.6) is 0 Å². The molecule has 6 nitrogen and oxygen atoms in total. The second kappa shape index (κ2) is 8.51. The van der Waals surface area contributed by atoms with Gasteiger partial charge in [-0.2, -0.15) is 0 Å². The summed E-state index contributed by atoms with van der Waals surface area (Å²) in [4.78, 5) is 4.58. The topological polar surface area (TPSA) is 82.7 Å². The van der Waals surface area contributed by atoms with Gasteiger partial charge in [-0.1, -0.05) is 38.8 Å². The van der Waals surface area contributed by atoms with Crippen LogP contribution in [-0.4, -0.2) is 35.4 Å². The first kappa shape index (κ1) is 18.8. The van der Waals surface area contributed by atoms with Gasteiger partial charge in [0.2, 0.25) is 0 Å². The second-order valence-corrected chi connectivity index (χ2v) is 7.34. The molecule has 0 bridgehead atoms. The van der Waals surface area contributed by atoms with Gasteiger partial charge in [0.1, 0.15) is 6.54 Å². The van der Waals surface area contributed by atoms with Crippen LogP contribution < -0.4 is 10.6 Å². The Kier molecular flexibility index (Phi) is 6.66. The Balaban J connectivity index is 1.94. The van der Waals surface area contributed by atoms with Crippen LogP contribution in [-0.2, 0) is 6.54 Å². The first-order valence-corrected chi connectivity index (χ1v) is 9.10. The van der Waals surface area contributed by atoms with Gasteiger partial charge >= 0.3 is 0 Å². The Bertz CT molecular complexity index is 541. The van der Waals surface area contributed by atoms with Gasteiger partial charge in [-0.25, -0.2) is 4.99 Å². The quantitative estimate of drug-likeness (QED) is 0.550. The molecule has 1 saturated carbocycles. The molecular weight excluding hydrogens is 304 g/mol. The highest BCUT2D eigenvalue weighted by Gasteiger charge is 2.35. The largest absolute Gasteiger partial charge is 0.392 e. The van der Waals surface area contributed by atoms with Crippen LogP contribution in [0.3, 0.4) is 0 Å². The summed E-state index contributed by atoms with van der Waals surface area (Å²) >= 11 is 0. The molecule has 1 aromatic heterocycles. The Hall–Kier alpha value is -1.56. The third-order valence-electron chi connectivity index (χ3n) is 4.85. The third-order valence-corrected chi connectivity index (χ3v) is 4.85. The molecule has 136 valence electrons. The fourth-order valence-corrected chi connectivity index (χ4v) is 3.05. The van der Waals surface area contributed by atoms with Gasteiger partial charge in [-0.3, -0.25) is 0 Å². The van der Waals surface area contributed by atoms with Gasteiger partial charge in [-0.05, 0) is 25.7 Å². The van der Waals surface area contributed by atoms with E-state index in [1.54, 1.807) is 0 Å². The number of nitrogens with zero attached hydrogens (tertiary/aromatic N) is 2. The third kappa shape index (κ3) is 4.97. The maximum absolute atomic E-state index is 10.3. The minimum atomic E-state index is -0.246. The number of aliphatic hydroxyl groups excluding tert-OH is 1. The van der Waals surface area contributed by atoms with Crippen LogP contribution in [0.25, 0.3) is 0 Å². The van der Waals surface area contributed by atoms with Crippen LogP contribution in [0.4, 0.5) is 0 Å². The predicted octanol–water partition coefficient (Wildman–Crippen LogP) is 2.79. The number of aliphatic imine (C=N–C) groups is 1. The highest BCUT2D eigenvalue weighted by atomic mass is 16.5. The van der Waals surface area contributed by atoms with Crippen LogP contribution in [0, 0.1) is 5.41 Å². The van der Waals surface area contributed by atoms with Crippen LogP contribution in [0.1, 0.15) is 70.8 Å². The Labute approximate surface area is 145 Å². The van der Waals surface area contributed by atoms with E-state index in [2.05, 4.69) is 41.6 Å². The molecule has 6 heteroatoms. The molecule has 1 aliphatic rings. The summed E-state index contributed by atoms with van der Waals surface area (Å²) in [6, 6.07) is 1.96. The maximum Gasteiger partial charge on any atom is 0.191 e.